The maximum absolute atomic E-state index is 14.2. The van der Waals surface area contributed by atoms with Crippen molar-refractivity contribution in [3.63, 3.8) is 0 Å². The molecule has 2 heterocycles. The van der Waals surface area contributed by atoms with Gasteiger partial charge in [-0.25, -0.2) is 0 Å². The molecule has 2 aliphatic heterocycles. The standard InChI is InChI=1S/C33H39ClN6O/c1-2-28-22-40(32(41)31-20-37-19-30(31)25-11-13-27(34)14-12-25)29(8-5-16-38-33(35)36)21-39(28)17-15-23-9-10-24-6-3-4-7-26(24)18-23/h1,3-4,6-7,9-14,18,28-31,37H,5,8,15-17,19-22H2,(H4,35,36,38)/t28-,29+,30?,31?/m1/s1. The van der Waals surface area contributed by atoms with Gasteiger partial charge in [0.25, 0.3) is 0 Å². The molecule has 1 amide bonds. The predicted octanol–water partition coefficient (Wildman–Crippen LogP) is 3.61. The molecule has 0 saturated carbocycles. The lowest BCUT2D eigenvalue weighted by molar-refractivity contribution is -0.141. The molecule has 8 heteroatoms. The fourth-order valence-corrected chi connectivity index (χ4v) is 6.41. The molecule has 2 fully saturated rings. The largest absolute Gasteiger partial charge is 0.370 e. The Bertz CT molecular complexity index is 1410. The Morgan fingerprint density at radius 1 is 1.05 bits per heavy atom. The van der Waals surface area contributed by atoms with Crippen LogP contribution in [0.4, 0.5) is 0 Å². The van der Waals surface area contributed by atoms with Gasteiger partial charge in [0.2, 0.25) is 5.91 Å². The fourth-order valence-electron chi connectivity index (χ4n) is 6.28. The van der Waals surface area contributed by atoms with Crippen LogP contribution in [0.5, 0.6) is 0 Å². The van der Waals surface area contributed by atoms with Gasteiger partial charge in [0.15, 0.2) is 5.96 Å². The van der Waals surface area contributed by atoms with Crippen molar-refractivity contribution in [1.29, 1.82) is 0 Å². The van der Waals surface area contributed by atoms with Crippen molar-refractivity contribution in [3.05, 3.63) is 82.9 Å². The van der Waals surface area contributed by atoms with E-state index in [1.54, 1.807) is 0 Å². The van der Waals surface area contributed by atoms with Crippen molar-refractivity contribution in [1.82, 2.24) is 15.1 Å². The Morgan fingerprint density at radius 3 is 2.59 bits per heavy atom. The average Bonchev–Trinajstić information content (AvgIpc) is 3.48. The Labute approximate surface area is 247 Å². The van der Waals surface area contributed by atoms with Crippen LogP contribution in [0.3, 0.4) is 0 Å². The zero-order chi connectivity index (χ0) is 28.8. The smallest absolute Gasteiger partial charge is 0.228 e. The first-order valence-electron chi connectivity index (χ1n) is 14.4. The summed E-state index contributed by atoms with van der Waals surface area (Å²) >= 11 is 6.14. The summed E-state index contributed by atoms with van der Waals surface area (Å²) in [5.41, 5.74) is 13.5. The molecule has 2 aliphatic rings. The van der Waals surface area contributed by atoms with Crippen molar-refractivity contribution in [2.24, 2.45) is 22.4 Å². The van der Waals surface area contributed by atoms with Crippen molar-refractivity contribution in [2.45, 2.75) is 37.3 Å². The third-order valence-corrected chi connectivity index (χ3v) is 8.74. The van der Waals surface area contributed by atoms with Gasteiger partial charge in [0, 0.05) is 56.3 Å². The van der Waals surface area contributed by atoms with E-state index < -0.39 is 0 Å². The van der Waals surface area contributed by atoms with Gasteiger partial charge in [-0.1, -0.05) is 72.1 Å². The maximum atomic E-state index is 14.2. The lowest BCUT2D eigenvalue weighted by Crippen LogP contribution is -2.61. The molecule has 3 aromatic rings. The van der Waals surface area contributed by atoms with Gasteiger partial charge in [-0.3, -0.25) is 14.7 Å². The number of hydrogen-bond acceptors (Lipinski definition) is 4. The highest BCUT2D eigenvalue weighted by Crippen LogP contribution is 2.32. The molecule has 0 radical (unpaired) electrons. The van der Waals surface area contributed by atoms with Crippen LogP contribution in [0, 0.1) is 18.3 Å². The van der Waals surface area contributed by atoms with Crippen LogP contribution >= 0.6 is 11.6 Å². The molecule has 5 rings (SSSR count). The van der Waals surface area contributed by atoms with Gasteiger partial charge in [-0.2, -0.15) is 0 Å². The molecule has 41 heavy (non-hydrogen) atoms. The number of carbonyl (C=O) groups excluding carboxylic acids is 1. The van der Waals surface area contributed by atoms with Crippen molar-refractivity contribution in [2.75, 3.05) is 39.3 Å². The van der Waals surface area contributed by atoms with E-state index in [1.165, 1.54) is 16.3 Å². The zero-order valence-corrected chi connectivity index (χ0v) is 24.1. The molecular formula is C33H39ClN6O. The lowest BCUT2D eigenvalue weighted by Gasteiger charge is -2.46. The minimum absolute atomic E-state index is 0.0318. The number of nitrogens with zero attached hydrogens (tertiary/aromatic N) is 3. The summed E-state index contributed by atoms with van der Waals surface area (Å²) in [7, 11) is 0. The Hall–Kier alpha value is -3.57. The second kappa shape index (κ2) is 13.4. The number of carbonyl (C=O) groups is 1. The molecule has 7 nitrogen and oxygen atoms in total. The molecule has 0 spiro atoms. The van der Waals surface area contributed by atoms with Crippen LogP contribution in [-0.4, -0.2) is 73.0 Å². The van der Waals surface area contributed by atoms with Gasteiger partial charge in [-0.15, -0.1) is 6.42 Å². The second-order valence-electron chi connectivity index (χ2n) is 11.1. The minimum atomic E-state index is -0.154. The number of fused-ring (bicyclic) bond motifs is 1. The number of rotatable bonds is 9. The van der Waals surface area contributed by atoms with E-state index in [0.717, 1.165) is 44.5 Å². The van der Waals surface area contributed by atoms with Gasteiger partial charge < -0.3 is 21.7 Å². The number of nitrogens with one attached hydrogen (secondary N) is 1. The molecule has 4 atom stereocenters. The van der Waals surface area contributed by atoms with Crippen LogP contribution in [0.25, 0.3) is 10.8 Å². The average molecular weight is 571 g/mol. The summed E-state index contributed by atoms with van der Waals surface area (Å²) in [5, 5.41) is 6.62. The fraction of sp³-hybridized carbons (Fsp3) is 0.394. The van der Waals surface area contributed by atoms with Crippen LogP contribution in [-0.2, 0) is 11.2 Å². The van der Waals surface area contributed by atoms with Crippen LogP contribution in [0.2, 0.25) is 5.02 Å². The summed E-state index contributed by atoms with van der Waals surface area (Å²) < 4.78 is 0. The number of halogens is 1. The number of piperazine rings is 1. The maximum Gasteiger partial charge on any atom is 0.228 e. The van der Waals surface area contributed by atoms with Gasteiger partial charge in [0.05, 0.1) is 12.0 Å². The van der Waals surface area contributed by atoms with Gasteiger partial charge in [-0.05, 0) is 53.3 Å². The summed E-state index contributed by atoms with van der Waals surface area (Å²) in [6, 6.07) is 22.8. The molecule has 0 aliphatic carbocycles. The molecule has 5 N–H and O–H groups in total. The molecule has 0 aromatic heterocycles. The quantitative estimate of drug-likeness (QED) is 0.158. The molecule has 2 saturated heterocycles. The monoisotopic (exact) mass is 570 g/mol. The molecule has 2 unspecified atom stereocenters. The highest BCUT2D eigenvalue weighted by Gasteiger charge is 2.42. The van der Waals surface area contributed by atoms with E-state index in [0.29, 0.717) is 24.7 Å². The van der Waals surface area contributed by atoms with E-state index >= 15 is 0 Å². The number of hydrogen-bond donors (Lipinski definition) is 3. The summed E-state index contributed by atoms with van der Waals surface area (Å²) in [6.07, 6.45) is 8.57. The number of nitrogens with two attached hydrogens (primary N) is 2. The molecule has 3 aromatic carbocycles. The van der Waals surface area contributed by atoms with E-state index in [-0.39, 0.29) is 35.8 Å². The van der Waals surface area contributed by atoms with E-state index in [1.807, 2.05) is 29.2 Å². The Morgan fingerprint density at radius 2 is 1.83 bits per heavy atom. The highest BCUT2D eigenvalue weighted by atomic mass is 35.5. The van der Waals surface area contributed by atoms with Crippen LogP contribution < -0.4 is 16.8 Å². The minimum Gasteiger partial charge on any atom is -0.370 e. The highest BCUT2D eigenvalue weighted by molar-refractivity contribution is 6.30. The predicted molar refractivity (Wildman–Crippen MR) is 168 cm³/mol. The first-order valence-corrected chi connectivity index (χ1v) is 14.8. The van der Waals surface area contributed by atoms with E-state index in [9.17, 15) is 4.79 Å². The van der Waals surface area contributed by atoms with Crippen LogP contribution in [0.1, 0.15) is 29.9 Å². The van der Waals surface area contributed by atoms with Gasteiger partial charge >= 0.3 is 0 Å². The first kappa shape index (κ1) is 28.9. The number of aliphatic imine (C=N–C) groups is 1. The topological polar surface area (TPSA) is 100.0 Å². The SMILES string of the molecule is C#C[C@@H]1CN(C(=O)C2CNCC2c2ccc(Cl)cc2)[C@@H](CCCN=C(N)N)CN1CCc1ccc2ccccc2c1. The summed E-state index contributed by atoms with van der Waals surface area (Å²) in [6.45, 7) is 4.02. The number of benzene rings is 3. The number of guanidine groups is 1. The molecular weight excluding hydrogens is 532 g/mol. The summed E-state index contributed by atoms with van der Waals surface area (Å²) in [5.74, 6) is 3.19. The third-order valence-electron chi connectivity index (χ3n) is 8.49. The Kier molecular flexibility index (Phi) is 9.45. The van der Waals surface area contributed by atoms with Crippen molar-refractivity contribution in [3.8, 4) is 12.3 Å². The number of terminal acetylenes is 1. The van der Waals surface area contributed by atoms with Crippen LogP contribution in [0.15, 0.2) is 71.7 Å². The number of amides is 1. The third kappa shape index (κ3) is 7.02. The van der Waals surface area contributed by atoms with Crippen molar-refractivity contribution < 1.29 is 4.79 Å². The van der Waals surface area contributed by atoms with E-state index in [2.05, 4.69) is 63.6 Å². The summed E-state index contributed by atoms with van der Waals surface area (Å²) in [4.78, 5) is 22.8. The Balaban J connectivity index is 1.32. The zero-order valence-electron chi connectivity index (χ0n) is 23.4. The second-order valence-corrected chi connectivity index (χ2v) is 11.6. The van der Waals surface area contributed by atoms with E-state index in [4.69, 9.17) is 29.5 Å². The first-order chi connectivity index (χ1) is 19.9. The molecule has 0 bridgehead atoms. The molecule has 214 valence electrons. The van der Waals surface area contributed by atoms with Gasteiger partial charge in [0.1, 0.15) is 0 Å². The lowest BCUT2D eigenvalue weighted by atomic mass is 9.87. The van der Waals surface area contributed by atoms with Crippen molar-refractivity contribution >= 4 is 34.2 Å². The normalized spacial score (nSPS) is 22.9.